The number of hydrogen-bond acceptors (Lipinski definition) is 7. The van der Waals surface area contributed by atoms with E-state index < -0.39 is 0 Å². The Morgan fingerprint density at radius 2 is 1.68 bits per heavy atom. The highest BCUT2D eigenvalue weighted by Gasteiger charge is 2.11. The van der Waals surface area contributed by atoms with Crippen LogP contribution in [0.3, 0.4) is 0 Å². The number of ether oxygens (including phenoxy) is 1. The third-order valence-electron chi connectivity index (χ3n) is 5.36. The minimum absolute atomic E-state index is 0.132. The van der Waals surface area contributed by atoms with Gasteiger partial charge in [-0.1, -0.05) is 24.3 Å². The number of halogens is 1. The molecule has 2 heterocycles. The molecule has 8 heteroatoms. The van der Waals surface area contributed by atoms with E-state index in [0.29, 0.717) is 39.7 Å². The highest BCUT2D eigenvalue weighted by Crippen LogP contribution is 2.32. The Kier molecular flexibility index (Phi) is 5.39. The van der Waals surface area contributed by atoms with Gasteiger partial charge in [0.15, 0.2) is 0 Å². The molecular weight excluding hydrogens is 431 g/mol. The molecule has 0 bridgehead atoms. The summed E-state index contributed by atoms with van der Waals surface area (Å²) in [5, 5.41) is 4.02. The van der Waals surface area contributed by atoms with Crippen LogP contribution in [0.25, 0.3) is 33.4 Å². The summed E-state index contributed by atoms with van der Waals surface area (Å²) in [6.45, 7) is 0. The number of fused-ring (bicyclic) bond motifs is 1. The summed E-state index contributed by atoms with van der Waals surface area (Å²) in [5.41, 5.74) is 17.0. The van der Waals surface area contributed by atoms with Crippen molar-refractivity contribution in [3.8, 4) is 28.3 Å². The van der Waals surface area contributed by atoms with Crippen LogP contribution < -0.4 is 21.5 Å². The molecule has 0 unspecified atom stereocenters. The molecule has 5 rings (SSSR count). The van der Waals surface area contributed by atoms with E-state index in [1.807, 2.05) is 42.5 Å². The maximum atomic E-state index is 13.6. The molecule has 0 amide bonds. The van der Waals surface area contributed by atoms with Gasteiger partial charge >= 0.3 is 0 Å². The number of benzene rings is 3. The molecule has 0 saturated heterocycles. The topological polar surface area (TPSA) is 112 Å². The molecule has 3 aromatic carbocycles. The fourth-order valence-electron chi connectivity index (χ4n) is 3.80. The first-order valence-corrected chi connectivity index (χ1v) is 10.5. The maximum absolute atomic E-state index is 13.6. The molecule has 0 aliphatic rings. The first-order chi connectivity index (χ1) is 16.5. The van der Waals surface area contributed by atoms with Gasteiger partial charge in [-0.15, -0.1) is 0 Å². The van der Waals surface area contributed by atoms with Gasteiger partial charge in [0.25, 0.3) is 0 Å². The van der Waals surface area contributed by atoms with Crippen molar-refractivity contribution in [2.45, 2.75) is 0 Å². The van der Waals surface area contributed by atoms with Gasteiger partial charge in [0.2, 0.25) is 5.95 Å². The molecule has 0 aliphatic heterocycles. The number of nitrogens with one attached hydrogen (secondary N) is 1. The molecule has 2 aromatic heterocycles. The van der Waals surface area contributed by atoms with Crippen LogP contribution in [0.5, 0.6) is 5.75 Å². The number of nitrogens with two attached hydrogens (primary N) is 2. The van der Waals surface area contributed by atoms with Crippen molar-refractivity contribution in [1.82, 2.24) is 15.0 Å². The second-order valence-electron chi connectivity index (χ2n) is 7.66. The highest BCUT2D eigenvalue weighted by molar-refractivity contribution is 5.95. The van der Waals surface area contributed by atoms with Crippen LogP contribution in [0.4, 0.5) is 27.5 Å². The third kappa shape index (κ3) is 4.16. The van der Waals surface area contributed by atoms with Gasteiger partial charge in [0.1, 0.15) is 17.4 Å². The van der Waals surface area contributed by atoms with E-state index in [-0.39, 0.29) is 11.8 Å². The summed E-state index contributed by atoms with van der Waals surface area (Å²) < 4.78 is 19.1. The van der Waals surface area contributed by atoms with Crippen molar-refractivity contribution < 1.29 is 9.13 Å². The average Bonchev–Trinajstić information content (AvgIpc) is 2.84. The van der Waals surface area contributed by atoms with Crippen molar-refractivity contribution in [2.24, 2.45) is 0 Å². The standard InChI is InChI=1S/C26H21FN6O/c1-34-24-8-3-2-7-18(24)23-14-25(33-26(29)32-23)30-17-9-10-21-19(12-17)20(28)13-22(31-21)15-5-4-6-16(27)11-15/h2-14H,1H3,(H2,28,31)(H3,29,30,32,33). The summed E-state index contributed by atoms with van der Waals surface area (Å²) in [6.07, 6.45) is 0. The van der Waals surface area contributed by atoms with Gasteiger partial charge in [-0.3, -0.25) is 0 Å². The molecule has 0 aliphatic carbocycles. The van der Waals surface area contributed by atoms with Gasteiger partial charge in [0, 0.05) is 34.0 Å². The molecule has 0 saturated carbocycles. The van der Waals surface area contributed by atoms with Crippen molar-refractivity contribution >= 4 is 34.0 Å². The minimum Gasteiger partial charge on any atom is -0.496 e. The molecule has 7 nitrogen and oxygen atoms in total. The first kappa shape index (κ1) is 21.1. The molecular formula is C26H21FN6O. The number of hydrogen-bond donors (Lipinski definition) is 3. The van der Waals surface area contributed by atoms with E-state index in [9.17, 15) is 4.39 Å². The first-order valence-electron chi connectivity index (χ1n) is 10.5. The Labute approximate surface area is 195 Å². The Morgan fingerprint density at radius 3 is 2.50 bits per heavy atom. The molecule has 5 N–H and O–H groups in total. The third-order valence-corrected chi connectivity index (χ3v) is 5.36. The predicted molar refractivity (Wildman–Crippen MR) is 133 cm³/mol. The second kappa shape index (κ2) is 8.67. The van der Waals surface area contributed by atoms with E-state index in [1.54, 1.807) is 31.4 Å². The monoisotopic (exact) mass is 452 g/mol. The lowest BCUT2D eigenvalue weighted by atomic mass is 10.1. The fraction of sp³-hybridized carbons (Fsp3) is 0.0385. The zero-order chi connectivity index (χ0) is 23.7. The molecule has 0 atom stereocenters. The van der Waals surface area contributed by atoms with Crippen LogP contribution >= 0.6 is 0 Å². The molecule has 0 spiro atoms. The average molecular weight is 452 g/mol. The zero-order valence-electron chi connectivity index (χ0n) is 18.3. The zero-order valence-corrected chi connectivity index (χ0v) is 18.3. The number of nitrogen functional groups attached to an aromatic ring is 2. The van der Waals surface area contributed by atoms with Crippen molar-refractivity contribution in [3.63, 3.8) is 0 Å². The Balaban J connectivity index is 1.49. The fourth-order valence-corrected chi connectivity index (χ4v) is 3.80. The number of methoxy groups -OCH3 is 1. The summed E-state index contributed by atoms with van der Waals surface area (Å²) >= 11 is 0. The molecule has 0 radical (unpaired) electrons. The van der Waals surface area contributed by atoms with Crippen LogP contribution in [-0.2, 0) is 0 Å². The van der Waals surface area contributed by atoms with Crippen molar-refractivity contribution in [2.75, 3.05) is 23.9 Å². The lowest BCUT2D eigenvalue weighted by Crippen LogP contribution is -2.02. The Bertz CT molecular complexity index is 1520. The van der Waals surface area contributed by atoms with E-state index in [4.69, 9.17) is 16.2 Å². The van der Waals surface area contributed by atoms with E-state index in [2.05, 4.69) is 20.3 Å². The maximum Gasteiger partial charge on any atom is 0.222 e. The summed E-state index contributed by atoms with van der Waals surface area (Å²) in [7, 11) is 1.61. The second-order valence-corrected chi connectivity index (χ2v) is 7.66. The van der Waals surface area contributed by atoms with Gasteiger partial charge in [-0.25, -0.2) is 14.4 Å². The number of para-hydroxylation sites is 1. The van der Waals surface area contributed by atoms with Crippen LogP contribution in [0.2, 0.25) is 0 Å². The van der Waals surface area contributed by atoms with Crippen LogP contribution in [0, 0.1) is 5.82 Å². The van der Waals surface area contributed by atoms with Crippen LogP contribution in [0.1, 0.15) is 0 Å². The lowest BCUT2D eigenvalue weighted by Gasteiger charge is -2.12. The number of anilines is 4. The number of aromatic nitrogens is 3. The molecule has 34 heavy (non-hydrogen) atoms. The Hall–Kier alpha value is -4.72. The van der Waals surface area contributed by atoms with Crippen LogP contribution in [-0.4, -0.2) is 22.1 Å². The van der Waals surface area contributed by atoms with Crippen molar-refractivity contribution in [3.05, 3.63) is 84.7 Å². The summed E-state index contributed by atoms with van der Waals surface area (Å²) in [4.78, 5) is 13.3. The van der Waals surface area contributed by atoms with Gasteiger partial charge in [-0.2, -0.15) is 4.98 Å². The lowest BCUT2D eigenvalue weighted by molar-refractivity contribution is 0.416. The molecule has 168 valence electrons. The number of pyridine rings is 1. The largest absolute Gasteiger partial charge is 0.496 e. The molecule has 5 aromatic rings. The van der Waals surface area contributed by atoms with Gasteiger partial charge in [-0.05, 0) is 48.5 Å². The van der Waals surface area contributed by atoms with E-state index >= 15 is 0 Å². The van der Waals surface area contributed by atoms with E-state index in [1.165, 1.54) is 12.1 Å². The van der Waals surface area contributed by atoms with Gasteiger partial charge in [0.05, 0.1) is 24.0 Å². The number of nitrogens with zero attached hydrogens (tertiary/aromatic N) is 3. The normalized spacial score (nSPS) is 10.9. The Morgan fingerprint density at radius 1 is 0.824 bits per heavy atom. The molecule has 0 fully saturated rings. The smallest absolute Gasteiger partial charge is 0.222 e. The quantitative estimate of drug-likeness (QED) is 0.327. The predicted octanol–water partition coefficient (Wildman–Crippen LogP) is 5.41. The van der Waals surface area contributed by atoms with E-state index in [0.717, 1.165) is 16.6 Å². The minimum atomic E-state index is -0.325. The summed E-state index contributed by atoms with van der Waals surface area (Å²) in [5.74, 6) is 1.02. The highest BCUT2D eigenvalue weighted by atomic mass is 19.1. The number of rotatable bonds is 5. The van der Waals surface area contributed by atoms with Gasteiger partial charge < -0.3 is 21.5 Å². The van der Waals surface area contributed by atoms with Crippen molar-refractivity contribution in [1.29, 1.82) is 0 Å². The SMILES string of the molecule is COc1ccccc1-c1cc(Nc2ccc3nc(-c4cccc(F)c4)cc(N)c3c2)nc(N)n1. The van der Waals surface area contributed by atoms with Crippen LogP contribution in [0.15, 0.2) is 78.9 Å². The summed E-state index contributed by atoms with van der Waals surface area (Å²) in [6, 6.07) is 23.0.